The zero-order valence-corrected chi connectivity index (χ0v) is 54.8. The second kappa shape index (κ2) is 31.0. The molecule has 5 aliphatic rings. The Bertz CT molecular complexity index is 3760. The van der Waals surface area contributed by atoms with Crippen molar-refractivity contribution in [1.29, 1.82) is 0 Å². The minimum atomic E-state index is -4.82. The van der Waals surface area contributed by atoms with E-state index in [1.54, 1.807) is 14.2 Å². The van der Waals surface area contributed by atoms with Crippen LogP contribution in [0.5, 0.6) is 17.2 Å². The van der Waals surface area contributed by atoms with E-state index in [0.29, 0.717) is 74.5 Å². The summed E-state index contributed by atoms with van der Waals surface area (Å²) < 4.78 is 96.4. The van der Waals surface area contributed by atoms with Gasteiger partial charge >= 0.3 is 10.6 Å². The number of para-hydroxylation sites is 1. The number of hydrogen-bond donors (Lipinski definition) is 2. The lowest BCUT2D eigenvalue weighted by Gasteiger charge is -2.34. The first-order valence-corrected chi connectivity index (χ1v) is 35.0. The smallest absolute Gasteiger partial charge is 0.425 e. The monoisotopic (exact) mass is 1320 g/mol. The van der Waals surface area contributed by atoms with Gasteiger partial charge < -0.3 is 43.5 Å². The molecule has 91 heavy (non-hydrogen) atoms. The number of nitrogens with one attached hydrogen (secondary N) is 1. The van der Waals surface area contributed by atoms with Crippen molar-refractivity contribution < 1.29 is 78.0 Å². The second-order valence-electron chi connectivity index (χ2n) is 23.5. The summed E-state index contributed by atoms with van der Waals surface area (Å²) in [6, 6.07) is 30.5. The van der Waals surface area contributed by atoms with E-state index in [9.17, 15) is 36.9 Å². The van der Waals surface area contributed by atoms with Crippen LogP contribution in [-0.4, -0.2) is 155 Å². The number of ether oxygens (including phenoxy) is 6. The zero-order chi connectivity index (χ0) is 65.0. The van der Waals surface area contributed by atoms with Gasteiger partial charge in [-0.1, -0.05) is 64.1 Å². The Morgan fingerprint density at radius 1 is 0.769 bits per heavy atom. The number of imide groups is 1. The predicted molar refractivity (Wildman–Crippen MR) is 346 cm³/mol. The number of hydrogen-bond acceptors (Lipinski definition) is 19. The number of carbonyl (C=O) groups is 5. The molecule has 486 valence electrons. The van der Waals surface area contributed by atoms with Crippen LogP contribution >= 0.6 is 21.6 Å². The highest BCUT2D eigenvalue weighted by molar-refractivity contribution is 8.77. The van der Waals surface area contributed by atoms with Crippen molar-refractivity contribution in [3.05, 3.63) is 159 Å². The number of methoxy groups -OCH3 is 2. The van der Waals surface area contributed by atoms with Crippen LogP contribution in [0.2, 0.25) is 0 Å². The van der Waals surface area contributed by atoms with Gasteiger partial charge in [-0.2, -0.15) is 8.42 Å². The van der Waals surface area contributed by atoms with Crippen LogP contribution < -0.4 is 29.3 Å². The molecule has 2 aliphatic carbocycles. The maximum atomic E-state index is 14.4. The van der Waals surface area contributed by atoms with Crippen molar-refractivity contribution in [2.45, 2.75) is 101 Å². The number of carbonyl (C=O) groups excluding carboxylic acids is 5. The number of ketones is 1. The quantitative estimate of drug-likeness (QED) is 0.0198. The minimum absolute atomic E-state index is 0.00481. The molecule has 25 heteroatoms. The third kappa shape index (κ3) is 17.3. The fourth-order valence-corrected chi connectivity index (χ4v) is 16.0. The first-order chi connectivity index (χ1) is 43.6. The number of amides is 4. The van der Waals surface area contributed by atoms with Crippen molar-refractivity contribution in [3.8, 4) is 17.2 Å². The highest BCUT2D eigenvalue weighted by atomic mass is 33.1. The van der Waals surface area contributed by atoms with Crippen LogP contribution in [0, 0.1) is 12.8 Å². The standard InChI is InChI=1S/C66H76N4O14S3.O3S/c1-42-30-54-47(16-17-50-35-48-11-7-9-13-55(48)70(50)65(54)75)36-56(42)83-39-43-31-44(40-84-58-37-46-14-15-49-34-45-10-6-8-12-52(45)62(49)63(73)53(46)38-57(58)80-5)33-51(32-43)68(23-24-81-27-28-82-26-25-79-4)41-66(2,3)86-85-29-20-59(87(76,77)78)64(74)67-21-22-69-60(71)18-19-61(69)72;1-4(2)3/h6-13,18-19,30-33,36-38,49-50,59,62H,14-17,20-29,34-35,39-41H2,1-5H3,(H,67,74)(H,76,77,78);. The third-order valence-corrected chi connectivity index (χ3v) is 21.2. The van der Waals surface area contributed by atoms with Crippen molar-refractivity contribution in [2.24, 2.45) is 5.92 Å². The fraction of sp³-hybridized carbons (Fsp3) is 0.439. The average Bonchev–Trinajstić information content (AvgIpc) is 1.64. The van der Waals surface area contributed by atoms with Crippen LogP contribution in [0.15, 0.2) is 103 Å². The first-order valence-electron chi connectivity index (χ1n) is 30.1. The van der Waals surface area contributed by atoms with Crippen LogP contribution in [0.3, 0.4) is 0 Å². The highest BCUT2D eigenvalue weighted by Gasteiger charge is 2.41. The molecule has 21 nitrogen and oxygen atoms in total. The molecule has 0 radical (unpaired) electrons. The van der Waals surface area contributed by atoms with Crippen molar-refractivity contribution >= 4 is 83.1 Å². The molecule has 5 aromatic carbocycles. The maximum absolute atomic E-state index is 14.4. The van der Waals surface area contributed by atoms with Crippen LogP contribution in [0.4, 0.5) is 11.4 Å². The Balaban J connectivity index is 0.00000238. The van der Waals surface area contributed by atoms with E-state index in [1.165, 1.54) is 32.7 Å². The van der Waals surface area contributed by atoms with E-state index in [4.69, 9.17) is 41.0 Å². The molecule has 0 spiro atoms. The number of fused-ring (bicyclic) bond motifs is 8. The average molecular weight is 1330 g/mol. The summed E-state index contributed by atoms with van der Waals surface area (Å²) in [5, 5.41) is 0.685. The number of Topliss-reactive ketones (excluding diaryl/α,β-unsaturated/α-hetero) is 1. The summed E-state index contributed by atoms with van der Waals surface area (Å²) in [7, 11) is -1.85. The molecule has 0 fully saturated rings. The zero-order valence-electron chi connectivity index (χ0n) is 51.5. The largest absolute Gasteiger partial charge is 0.493 e. The Morgan fingerprint density at radius 2 is 1.41 bits per heavy atom. The minimum Gasteiger partial charge on any atom is -0.493 e. The van der Waals surface area contributed by atoms with Gasteiger partial charge in [0.25, 0.3) is 27.8 Å². The van der Waals surface area contributed by atoms with Crippen LogP contribution in [0.25, 0.3) is 0 Å². The van der Waals surface area contributed by atoms with E-state index in [0.717, 1.165) is 100 Å². The molecule has 3 heterocycles. The fourth-order valence-electron chi connectivity index (χ4n) is 12.5. The summed E-state index contributed by atoms with van der Waals surface area (Å²) in [4.78, 5) is 71.0. The normalized spacial score (nSPS) is 17.5. The highest BCUT2D eigenvalue weighted by Crippen LogP contribution is 2.47. The Kier molecular flexibility index (Phi) is 23.3. The summed E-state index contributed by atoms with van der Waals surface area (Å²) in [6.45, 7) is 8.97. The molecule has 3 aliphatic heterocycles. The molecule has 0 saturated heterocycles. The summed E-state index contributed by atoms with van der Waals surface area (Å²) >= 11 is 0. The van der Waals surface area contributed by atoms with Gasteiger partial charge in [0, 0.05) is 84.5 Å². The maximum Gasteiger partial charge on any atom is 0.425 e. The SMILES string of the molecule is COCCOCCOCCN(CC(C)(C)SSCCC(C(=O)NCCN1C(=O)C=CC1=O)S(=O)(=O)O)c1cc(COc2cc3c(cc2C)C(=O)N2c4ccccc4CC2CC3)cc(COc2cc3c(cc2OC)C(=O)C2c4ccccc4CC2CC3)c1.O=S(=O)=O. The van der Waals surface area contributed by atoms with Crippen molar-refractivity contribution in [2.75, 3.05) is 89.0 Å². The molecule has 0 saturated carbocycles. The van der Waals surface area contributed by atoms with E-state index in [-0.39, 0.29) is 68.0 Å². The predicted octanol–water partition coefficient (Wildman–Crippen LogP) is 8.09. The topological polar surface area (TPSA) is 268 Å². The summed E-state index contributed by atoms with van der Waals surface area (Å²) in [5.74, 6) is -0.0326. The third-order valence-electron chi connectivity index (χ3n) is 16.7. The van der Waals surface area contributed by atoms with E-state index < -0.39 is 48.4 Å². The molecule has 0 bridgehead atoms. The van der Waals surface area contributed by atoms with Crippen LogP contribution in [-0.2, 0) is 88.2 Å². The van der Waals surface area contributed by atoms with Gasteiger partial charge in [-0.05, 0) is 165 Å². The van der Waals surface area contributed by atoms with Gasteiger partial charge in [0.2, 0.25) is 5.91 Å². The molecule has 5 aromatic rings. The Labute approximate surface area is 540 Å². The lowest BCUT2D eigenvalue weighted by Crippen LogP contribution is -2.44. The van der Waals surface area contributed by atoms with Gasteiger partial charge in [0.15, 0.2) is 22.5 Å². The number of nitrogens with zero attached hydrogens (tertiary/aromatic N) is 3. The van der Waals surface area contributed by atoms with Gasteiger partial charge in [0.05, 0.1) is 46.1 Å². The molecule has 4 unspecified atom stereocenters. The van der Waals surface area contributed by atoms with Gasteiger partial charge in [-0.25, -0.2) is 0 Å². The summed E-state index contributed by atoms with van der Waals surface area (Å²) in [6.07, 6.45) is 6.87. The first kappa shape index (κ1) is 68.3. The van der Waals surface area contributed by atoms with Gasteiger partial charge in [-0.15, -0.1) is 12.6 Å². The molecule has 2 N–H and O–H groups in total. The van der Waals surface area contributed by atoms with E-state index in [1.807, 2.05) is 66.4 Å². The van der Waals surface area contributed by atoms with E-state index >= 15 is 0 Å². The lowest BCUT2D eigenvalue weighted by atomic mass is 9.86. The molecule has 4 amide bonds. The molecule has 4 atom stereocenters. The molecule has 10 rings (SSSR count). The molecular weight excluding hydrogens is 1250 g/mol. The Morgan fingerprint density at radius 3 is 2.11 bits per heavy atom. The van der Waals surface area contributed by atoms with Gasteiger partial charge in [-0.3, -0.25) is 33.4 Å². The summed E-state index contributed by atoms with van der Waals surface area (Å²) in [5.41, 5.74) is 11.1. The van der Waals surface area contributed by atoms with Crippen molar-refractivity contribution in [3.63, 3.8) is 0 Å². The Hall–Kier alpha value is -7.10. The van der Waals surface area contributed by atoms with Crippen LogP contribution in [0.1, 0.15) is 104 Å². The second-order valence-corrected chi connectivity index (χ2v) is 28.6. The molecule has 0 aromatic heterocycles. The van der Waals surface area contributed by atoms with E-state index in [2.05, 4.69) is 60.5 Å². The molecular formula is C66H76N4O17S4. The number of rotatable bonds is 29. The van der Waals surface area contributed by atoms with Crippen molar-refractivity contribution in [1.82, 2.24) is 10.2 Å². The lowest BCUT2D eigenvalue weighted by molar-refractivity contribution is -0.137. The number of benzene rings is 5. The number of anilines is 2. The van der Waals surface area contributed by atoms with Gasteiger partial charge in [0.1, 0.15) is 19.0 Å². The number of aryl methyl sites for hydroxylation is 3.